The van der Waals surface area contributed by atoms with Crippen LogP contribution in [0.4, 0.5) is 11.5 Å². The molecule has 0 bridgehead atoms. The van der Waals surface area contributed by atoms with Crippen molar-refractivity contribution in [3.05, 3.63) is 77.0 Å². The highest BCUT2D eigenvalue weighted by Gasteiger charge is 2.18. The van der Waals surface area contributed by atoms with Gasteiger partial charge in [0.15, 0.2) is 0 Å². The summed E-state index contributed by atoms with van der Waals surface area (Å²) in [6.45, 7) is 6.23. The average Bonchev–Trinajstić information content (AvgIpc) is 2.85. The van der Waals surface area contributed by atoms with Crippen LogP contribution in [0.5, 0.6) is 5.75 Å². The van der Waals surface area contributed by atoms with E-state index < -0.39 is 0 Å². The number of nitrogens with one attached hydrogen (secondary N) is 2. The number of nitrogens with zero attached hydrogens (tertiary/aromatic N) is 3. The van der Waals surface area contributed by atoms with E-state index in [0.717, 1.165) is 35.4 Å². The Morgan fingerprint density at radius 1 is 1.09 bits per heavy atom. The number of ether oxygens (including phenoxy) is 1. The predicted octanol–water partition coefficient (Wildman–Crippen LogP) is 5.33. The molecule has 7 heteroatoms. The van der Waals surface area contributed by atoms with Gasteiger partial charge in [0.05, 0.1) is 23.4 Å². The number of H-pyrrole nitrogens is 1. The molecule has 0 saturated carbocycles. The molecule has 1 fully saturated rings. The number of aromatic nitrogens is 3. The molecule has 7 nitrogen and oxygen atoms in total. The normalized spacial score (nSPS) is 15.0. The lowest BCUT2D eigenvalue weighted by Gasteiger charge is -2.29. The Balaban J connectivity index is 1.48. The van der Waals surface area contributed by atoms with Crippen molar-refractivity contribution in [2.24, 2.45) is 0 Å². The maximum absolute atomic E-state index is 12.7. The third-order valence-corrected chi connectivity index (χ3v) is 6.50. The van der Waals surface area contributed by atoms with Gasteiger partial charge in [0.25, 0.3) is 5.56 Å². The molecule has 180 valence electrons. The summed E-state index contributed by atoms with van der Waals surface area (Å²) in [7, 11) is 2.18. The Bertz CT molecular complexity index is 1370. The van der Waals surface area contributed by atoms with E-state index in [1.807, 2.05) is 32.0 Å². The van der Waals surface area contributed by atoms with Crippen LogP contribution in [0.3, 0.4) is 0 Å². The Kier molecular flexibility index (Phi) is 6.51. The maximum Gasteiger partial charge on any atom is 0.259 e. The second kappa shape index (κ2) is 9.88. The highest BCUT2D eigenvalue weighted by atomic mass is 16.5. The Hall–Kier alpha value is -3.71. The van der Waals surface area contributed by atoms with E-state index in [-0.39, 0.29) is 11.7 Å². The first-order valence-electron chi connectivity index (χ1n) is 12.2. The van der Waals surface area contributed by atoms with Crippen molar-refractivity contribution in [1.82, 2.24) is 19.9 Å². The summed E-state index contributed by atoms with van der Waals surface area (Å²) in [5, 5.41) is 4.72. The van der Waals surface area contributed by atoms with Crippen molar-refractivity contribution < 1.29 is 4.74 Å². The van der Waals surface area contributed by atoms with E-state index in [0.29, 0.717) is 22.9 Å². The van der Waals surface area contributed by atoms with Crippen LogP contribution < -0.4 is 15.6 Å². The monoisotopic (exact) mass is 469 g/mol. The van der Waals surface area contributed by atoms with E-state index in [9.17, 15) is 4.79 Å². The lowest BCUT2D eigenvalue weighted by atomic mass is 9.89. The van der Waals surface area contributed by atoms with Crippen molar-refractivity contribution in [1.29, 1.82) is 0 Å². The lowest BCUT2D eigenvalue weighted by molar-refractivity contribution is 0.241. The fourth-order valence-corrected chi connectivity index (χ4v) is 4.67. The Labute approximate surface area is 205 Å². The summed E-state index contributed by atoms with van der Waals surface area (Å²) in [4.78, 5) is 27.0. The molecule has 35 heavy (non-hydrogen) atoms. The second-order valence-electron chi connectivity index (χ2n) is 9.53. The van der Waals surface area contributed by atoms with Crippen molar-refractivity contribution in [3.63, 3.8) is 0 Å². The molecule has 0 radical (unpaired) electrons. The number of piperidine rings is 1. The van der Waals surface area contributed by atoms with Crippen molar-refractivity contribution in [3.8, 4) is 17.0 Å². The summed E-state index contributed by atoms with van der Waals surface area (Å²) in [6.07, 6.45) is 7.52. The largest absolute Gasteiger partial charge is 0.489 e. The first kappa shape index (κ1) is 23.1. The minimum absolute atomic E-state index is 0.0462. The Morgan fingerprint density at radius 2 is 1.86 bits per heavy atom. The number of likely N-dealkylation sites (tertiary alicyclic amines) is 1. The molecule has 5 rings (SSSR count). The molecule has 0 unspecified atom stereocenters. The van der Waals surface area contributed by atoms with Crippen LogP contribution in [0.2, 0.25) is 0 Å². The first-order valence-corrected chi connectivity index (χ1v) is 12.2. The predicted molar refractivity (Wildman–Crippen MR) is 141 cm³/mol. The molecular weight excluding hydrogens is 438 g/mol. The number of pyridine rings is 3. The molecular formula is C28H31N5O2. The SMILES string of the molecule is CC(C)Oc1cncc(-c2cc3cc[nH]c(=O)c3c(Nc3ccc(C4CCN(C)CC4)cc3)n2)c1. The minimum atomic E-state index is -0.179. The van der Waals surface area contributed by atoms with Crippen molar-refractivity contribution >= 4 is 22.3 Å². The van der Waals surface area contributed by atoms with Crippen LogP contribution in [0.15, 0.2) is 65.8 Å². The molecule has 1 aliphatic heterocycles. The van der Waals surface area contributed by atoms with Gasteiger partial charge >= 0.3 is 0 Å². The summed E-state index contributed by atoms with van der Waals surface area (Å²) in [5.41, 5.74) is 3.62. The van der Waals surface area contributed by atoms with E-state index in [1.54, 1.807) is 18.6 Å². The molecule has 1 saturated heterocycles. The summed E-state index contributed by atoms with van der Waals surface area (Å²) in [5.74, 6) is 1.80. The van der Waals surface area contributed by atoms with Crippen molar-refractivity contribution in [2.45, 2.75) is 38.7 Å². The zero-order valence-electron chi connectivity index (χ0n) is 20.4. The van der Waals surface area contributed by atoms with Gasteiger partial charge in [-0.2, -0.15) is 0 Å². The maximum atomic E-state index is 12.7. The average molecular weight is 470 g/mol. The van der Waals surface area contributed by atoms with Crippen LogP contribution in [0, 0.1) is 0 Å². The van der Waals surface area contributed by atoms with Gasteiger partial charge in [0.1, 0.15) is 11.6 Å². The highest BCUT2D eigenvalue weighted by Crippen LogP contribution is 2.31. The molecule has 4 heterocycles. The smallest absolute Gasteiger partial charge is 0.259 e. The van der Waals surface area contributed by atoms with E-state index in [2.05, 4.69) is 51.5 Å². The second-order valence-corrected chi connectivity index (χ2v) is 9.53. The van der Waals surface area contributed by atoms with Crippen molar-refractivity contribution in [2.75, 3.05) is 25.5 Å². The molecule has 1 aromatic carbocycles. The summed E-state index contributed by atoms with van der Waals surface area (Å²) in [6, 6.07) is 14.2. The Morgan fingerprint density at radius 3 is 2.60 bits per heavy atom. The zero-order chi connectivity index (χ0) is 24.4. The van der Waals surface area contributed by atoms with Crippen LogP contribution in [0.1, 0.15) is 38.2 Å². The molecule has 0 spiro atoms. The number of fused-ring (bicyclic) bond motifs is 1. The fourth-order valence-electron chi connectivity index (χ4n) is 4.67. The van der Waals surface area contributed by atoms with Gasteiger partial charge in [0.2, 0.25) is 0 Å². The van der Waals surface area contributed by atoms with Gasteiger partial charge in [0, 0.05) is 23.6 Å². The van der Waals surface area contributed by atoms with Gasteiger partial charge in [-0.1, -0.05) is 12.1 Å². The van der Waals surface area contributed by atoms with Gasteiger partial charge < -0.3 is 19.9 Å². The lowest BCUT2D eigenvalue weighted by Crippen LogP contribution is -2.29. The van der Waals surface area contributed by atoms with E-state index >= 15 is 0 Å². The molecule has 3 aromatic heterocycles. The van der Waals surface area contributed by atoms with Crippen LogP contribution in [-0.2, 0) is 0 Å². The first-order chi connectivity index (χ1) is 17.0. The number of benzene rings is 1. The summed E-state index contributed by atoms with van der Waals surface area (Å²) >= 11 is 0. The topological polar surface area (TPSA) is 83.1 Å². The van der Waals surface area contributed by atoms with Gasteiger partial charge in [-0.25, -0.2) is 4.98 Å². The molecule has 4 aromatic rings. The number of hydrogen-bond donors (Lipinski definition) is 2. The number of hydrogen-bond acceptors (Lipinski definition) is 6. The van der Waals surface area contributed by atoms with Crippen LogP contribution >= 0.6 is 0 Å². The molecule has 1 aliphatic rings. The molecule has 2 N–H and O–H groups in total. The minimum Gasteiger partial charge on any atom is -0.489 e. The number of aromatic amines is 1. The highest BCUT2D eigenvalue weighted by molar-refractivity contribution is 5.95. The summed E-state index contributed by atoms with van der Waals surface area (Å²) < 4.78 is 5.81. The molecule has 0 atom stereocenters. The number of rotatable bonds is 6. The van der Waals surface area contributed by atoms with Gasteiger partial charge in [-0.15, -0.1) is 0 Å². The van der Waals surface area contributed by atoms with Gasteiger partial charge in [-0.05, 0) is 94.0 Å². The van der Waals surface area contributed by atoms with Crippen LogP contribution in [-0.4, -0.2) is 46.1 Å². The number of anilines is 2. The van der Waals surface area contributed by atoms with Gasteiger partial charge in [-0.3, -0.25) is 9.78 Å². The van der Waals surface area contributed by atoms with E-state index in [1.165, 1.54) is 18.4 Å². The van der Waals surface area contributed by atoms with Crippen LogP contribution in [0.25, 0.3) is 22.0 Å². The fraction of sp³-hybridized carbons (Fsp3) is 0.321. The standard InChI is InChI=1S/C28H31N5O2/c1-18(2)35-24-14-22(16-29-17-24)25-15-21-8-11-30-28(34)26(21)27(32-25)31-23-6-4-19(5-7-23)20-9-12-33(3)13-10-20/h4-8,11,14-18,20H,9-10,12-13H2,1-3H3,(H,30,34)(H,31,32). The molecule has 0 amide bonds. The third kappa shape index (κ3) is 5.20. The van der Waals surface area contributed by atoms with E-state index in [4.69, 9.17) is 9.72 Å². The quantitative estimate of drug-likeness (QED) is 0.397. The third-order valence-electron chi connectivity index (χ3n) is 6.50. The molecule has 0 aliphatic carbocycles. The zero-order valence-corrected chi connectivity index (χ0v) is 20.4.